The number of benzene rings is 1. The van der Waals surface area contributed by atoms with Crippen LogP contribution in [0.5, 0.6) is 0 Å². The minimum Gasteiger partial charge on any atom is -0.446 e. The van der Waals surface area contributed by atoms with Crippen molar-refractivity contribution >= 4 is 11.8 Å². The maximum absolute atomic E-state index is 11.9. The van der Waals surface area contributed by atoms with Crippen LogP contribution in [0.25, 0.3) is 0 Å². The molecule has 0 aliphatic heterocycles. The highest BCUT2D eigenvalue weighted by Crippen LogP contribution is 2.41. The summed E-state index contributed by atoms with van der Waals surface area (Å²) in [6, 6.07) is 9.49. The quantitative estimate of drug-likeness (QED) is 0.855. The summed E-state index contributed by atoms with van der Waals surface area (Å²) >= 11 is 0. The number of amides is 1. The second kappa shape index (κ2) is 6.29. The molecule has 3 nitrogen and oxygen atoms in total. The summed E-state index contributed by atoms with van der Waals surface area (Å²) < 4.78 is 5.59. The Balaban J connectivity index is 1.49. The van der Waals surface area contributed by atoms with Crippen molar-refractivity contribution in [1.29, 1.82) is 0 Å². The van der Waals surface area contributed by atoms with Gasteiger partial charge in [0, 0.05) is 5.69 Å². The topological polar surface area (TPSA) is 38.3 Å². The van der Waals surface area contributed by atoms with Gasteiger partial charge in [-0.1, -0.05) is 43.9 Å². The van der Waals surface area contributed by atoms with Crippen molar-refractivity contribution in [1.82, 2.24) is 0 Å². The van der Waals surface area contributed by atoms with Crippen molar-refractivity contribution in [3.8, 4) is 0 Å². The van der Waals surface area contributed by atoms with Crippen molar-refractivity contribution in [2.24, 2.45) is 11.8 Å². The molecule has 108 valence electrons. The van der Waals surface area contributed by atoms with Gasteiger partial charge in [0.1, 0.15) is 6.10 Å². The molecule has 3 atom stereocenters. The number of anilines is 1. The van der Waals surface area contributed by atoms with E-state index in [0.29, 0.717) is 0 Å². The number of rotatable bonds is 2. The molecule has 2 saturated carbocycles. The van der Waals surface area contributed by atoms with Gasteiger partial charge < -0.3 is 4.74 Å². The van der Waals surface area contributed by atoms with E-state index in [-0.39, 0.29) is 12.2 Å². The standard InChI is InChI=1S/C17H23NO2/c19-17(18-15-8-2-1-3-9-15)20-16-11-10-13-6-4-5-7-14(13)12-16/h1-3,8-9,13-14,16H,4-7,10-12H2,(H,18,19)/t13-,14-,16+/m0/s1. The normalized spacial score (nSPS) is 29.3. The van der Waals surface area contributed by atoms with Crippen molar-refractivity contribution in [2.45, 2.75) is 51.0 Å². The maximum Gasteiger partial charge on any atom is 0.411 e. The van der Waals surface area contributed by atoms with E-state index in [2.05, 4.69) is 5.32 Å². The Morgan fingerprint density at radius 1 is 1.00 bits per heavy atom. The molecule has 1 N–H and O–H groups in total. The van der Waals surface area contributed by atoms with E-state index in [9.17, 15) is 4.79 Å². The van der Waals surface area contributed by atoms with Crippen LogP contribution in [-0.2, 0) is 4.74 Å². The van der Waals surface area contributed by atoms with Gasteiger partial charge >= 0.3 is 6.09 Å². The lowest BCUT2D eigenvalue weighted by molar-refractivity contribution is 0.0339. The first-order valence-electron chi connectivity index (χ1n) is 7.84. The summed E-state index contributed by atoms with van der Waals surface area (Å²) in [5.74, 6) is 1.67. The number of hydrogen-bond donors (Lipinski definition) is 1. The Bertz CT molecular complexity index is 446. The molecule has 0 unspecified atom stereocenters. The Morgan fingerprint density at radius 3 is 2.55 bits per heavy atom. The summed E-state index contributed by atoms with van der Waals surface area (Å²) in [5, 5.41) is 2.80. The van der Waals surface area contributed by atoms with Crippen molar-refractivity contribution < 1.29 is 9.53 Å². The van der Waals surface area contributed by atoms with E-state index >= 15 is 0 Å². The third-order valence-corrected chi connectivity index (χ3v) is 4.79. The summed E-state index contributed by atoms with van der Waals surface area (Å²) in [4.78, 5) is 11.9. The predicted octanol–water partition coefficient (Wildman–Crippen LogP) is 4.59. The highest BCUT2D eigenvalue weighted by Gasteiger charge is 2.33. The first-order chi connectivity index (χ1) is 9.81. The summed E-state index contributed by atoms with van der Waals surface area (Å²) in [6.07, 6.45) is 8.57. The molecule has 3 heteroatoms. The van der Waals surface area contributed by atoms with Crippen LogP contribution in [0.3, 0.4) is 0 Å². The number of fused-ring (bicyclic) bond motifs is 1. The second-order valence-corrected chi connectivity index (χ2v) is 6.14. The monoisotopic (exact) mass is 273 g/mol. The molecule has 3 rings (SSSR count). The van der Waals surface area contributed by atoms with Crippen LogP contribution in [0, 0.1) is 11.8 Å². The summed E-state index contributed by atoms with van der Waals surface area (Å²) in [5.41, 5.74) is 0.795. The molecule has 1 aromatic carbocycles. The van der Waals surface area contributed by atoms with Crippen LogP contribution in [-0.4, -0.2) is 12.2 Å². The minimum absolute atomic E-state index is 0.109. The largest absolute Gasteiger partial charge is 0.446 e. The average molecular weight is 273 g/mol. The van der Waals surface area contributed by atoms with Crippen LogP contribution < -0.4 is 5.32 Å². The van der Waals surface area contributed by atoms with Gasteiger partial charge in [-0.2, -0.15) is 0 Å². The lowest BCUT2D eigenvalue weighted by Crippen LogP contribution is -2.33. The molecule has 0 heterocycles. The fraction of sp³-hybridized carbons (Fsp3) is 0.588. The molecule has 0 bridgehead atoms. The van der Waals surface area contributed by atoms with Gasteiger partial charge in [0.25, 0.3) is 0 Å². The fourth-order valence-electron chi connectivity index (χ4n) is 3.76. The smallest absolute Gasteiger partial charge is 0.411 e. The molecule has 2 fully saturated rings. The van der Waals surface area contributed by atoms with Crippen molar-refractivity contribution in [3.05, 3.63) is 30.3 Å². The summed E-state index contributed by atoms with van der Waals surface area (Å²) in [7, 11) is 0. The number of para-hydroxylation sites is 1. The van der Waals surface area contributed by atoms with Gasteiger partial charge in [-0.25, -0.2) is 4.79 Å². The number of carbonyl (C=O) groups is 1. The molecular weight excluding hydrogens is 250 g/mol. The van der Waals surface area contributed by atoms with Gasteiger partial charge in [0.15, 0.2) is 0 Å². The Kier molecular flexibility index (Phi) is 4.24. The molecule has 2 aliphatic carbocycles. The molecule has 0 aromatic heterocycles. The fourth-order valence-corrected chi connectivity index (χ4v) is 3.76. The van der Waals surface area contributed by atoms with Crippen molar-refractivity contribution in [3.63, 3.8) is 0 Å². The van der Waals surface area contributed by atoms with E-state index in [1.165, 1.54) is 32.1 Å². The Labute approximate surface area is 120 Å². The molecule has 1 amide bonds. The maximum atomic E-state index is 11.9. The van der Waals surface area contributed by atoms with Gasteiger partial charge in [-0.15, -0.1) is 0 Å². The summed E-state index contributed by atoms with van der Waals surface area (Å²) in [6.45, 7) is 0. The van der Waals surface area contributed by atoms with Gasteiger partial charge in [0.2, 0.25) is 0 Å². The molecular formula is C17H23NO2. The molecule has 0 spiro atoms. The van der Waals surface area contributed by atoms with Gasteiger partial charge in [0.05, 0.1) is 0 Å². The molecule has 0 saturated heterocycles. The number of carbonyl (C=O) groups excluding carboxylic acids is 1. The first kappa shape index (κ1) is 13.5. The van der Waals surface area contributed by atoms with Crippen molar-refractivity contribution in [2.75, 3.05) is 5.32 Å². The third kappa shape index (κ3) is 3.33. The third-order valence-electron chi connectivity index (χ3n) is 4.79. The van der Waals surface area contributed by atoms with Crippen LogP contribution >= 0.6 is 0 Å². The van der Waals surface area contributed by atoms with E-state index in [1.54, 1.807) is 0 Å². The second-order valence-electron chi connectivity index (χ2n) is 6.14. The number of ether oxygens (including phenoxy) is 1. The lowest BCUT2D eigenvalue weighted by Gasteiger charge is -2.38. The zero-order valence-electron chi connectivity index (χ0n) is 11.9. The molecule has 1 aromatic rings. The molecule has 2 aliphatic rings. The van der Waals surface area contributed by atoms with E-state index < -0.39 is 0 Å². The van der Waals surface area contributed by atoms with E-state index in [4.69, 9.17) is 4.74 Å². The van der Waals surface area contributed by atoms with E-state index in [1.807, 2.05) is 30.3 Å². The van der Waals surface area contributed by atoms with Crippen LogP contribution in [0.15, 0.2) is 30.3 Å². The highest BCUT2D eigenvalue weighted by molar-refractivity contribution is 5.84. The number of nitrogens with one attached hydrogen (secondary N) is 1. The van der Waals surface area contributed by atoms with Crippen LogP contribution in [0.1, 0.15) is 44.9 Å². The Hall–Kier alpha value is -1.51. The van der Waals surface area contributed by atoms with Crippen LogP contribution in [0.2, 0.25) is 0 Å². The van der Waals surface area contributed by atoms with Crippen LogP contribution in [0.4, 0.5) is 10.5 Å². The lowest BCUT2D eigenvalue weighted by atomic mass is 9.70. The average Bonchev–Trinajstić information content (AvgIpc) is 2.48. The molecule has 0 radical (unpaired) electrons. The Morgan fingerprint density at radius 2 is 1.75 bits per heavy atom. The highest BCUT2D eigenvalue weighted by atomic mass is 16.6. The minimum atomic E-state index is -0.310. The van der Waals surface area contributed by atoms with E-state index in [0.717, 1.165) is 30.4 Å². The number of hydrogen-bond acceptors (Lipinski definition) is 2. The molecule has 20 heavy (non-hydrogen) atoms. The van der Waals surface area contributed by atoms with Gasteiger partial charge in [-0.05, 0) is 43.2 Å². The van der Waals surface area contributed by atoms with Gasteiger partial charge in [-0.3, -0.25) is 5.32 Å². The first-order valence-corrected chi connectivity index (χ1v) is 7.84. The zero-order valence-corrected chi connectivity index (χ0v) is 11.9. The predicted molar refractivity (Wildman–Crippen MR) is 79.6 cm³/mol. The zero-order chi connectivity index (χ0) is 13.8. The SMILES string of the molecule is O=C(Nc1ccccc1)O[C@@H]1CC[C@@H]2CCCC[C@H]2C1.